The number of amides is 2. The van der Waals surface area contributed by atoms with Crippen molar-refractivity contribution in [3.8, 4) is 0 Å². The Morgan fingerprint density at radius 3 is 2.43 bits per heavy atom. The van der Waals surface area contributed by atoms with Crippen LogP contribution in [0.15, 0.2) is 36.4 Å². The van der Waals surface area contributed by atoms with E-state index in [0.29, 0.717) is 31.5 Å². The van der Waals surface area contributed by atoms with E-state index in [0.717, 1.165) is 15.4 Å². The molecule has 28 heavy (non-hydrogen) atoms. The zero-order chi connectivity index (χ0) is 20.1. The molecule has 1 aromatic heterocycles. The maximum atomic E-state index is 12.3. The fourth-order valence-electron chi connectivity index (χ4n) is 3.28. The number of Topliss-reactive ketones (excluding diaryl/α,β-unsaturated/α-hetero) is 1. The molecule has 0 unspecified atom stereocenters. The summed E-state index contributed by atoms with van der Waals surface area (Å²) >= 11 is 1.56. The summed E-state index contributed by atoms with van der Waals surface area (Å²) in [5.74, 6) is -0.810. The number of nitrogens with zero attached hydrogens (tertiary/aromatic N) is 1. The topological polar surface area (TPSA) is 75.7 Å². The van der Waals surface area contributed by atoms with Gasteiger partial charge in [-0.25, -0.2) is 4.79 Å². The molecule has 148 valence electrons. The van der Waals surface area contributed by atoms with Crippen LogP contribution < -0.4 is 5.32 Å². The number of hydrogen-bond donors (Lipinski definition) is 1. The number of thiophene rings is 1. The largest absolute Gasteiger partial charge is 0.457 e. The van der Waals surface area contributed by atoms with Gasteiger partial charge in [0.25, 0.3) is 0 Å². The number of ketones is 1. The first kappa shape index (κ1) is 20.1. The first-order valence-electron chi connectivity index (χ1n) is 9.32. The van der Waals surface area contributed by atoms with Gasteiger partial charge in [0.05, 0.1) is 5.92 Å². The maximum Gasteiger partial charge on any atom is 0.321 e. The van der Waals surface area contributed by atoms with Crippen LogP contribution in [-0.4, -0.2) is 42.4 Å². The van der Waals surface area contributed by atoms with Crippen LogP contribution in [0.2, 0.25) is 0 Å². The number of aryl methyl sites for hydroxylation is 2. The van der Waals surface area contributed by atoms with E-state index in [1.165, 1.54) is 0 Å². The summed E-state index contributed by atoms with van der Waals surface area (Å²) in [6.45, 7) is 4.57. The molecule has 1 fully saturated rings. The van der Waals surface area contributed by atoms with Crippen molar-refractivity contribution in [1.82, 2.24) is 4.90 Å². The highest BCUT2D eigenvalue weighted by Crippen LogP contribution is 2.22. The Kier molecular flexibility index (Phi) is 6.46. The standard InChI is InChI=1S/C21H24N2O4S/c1-14-12-18(15(2)28-14)19(24)13-27-20(25)16-8-10-23(11-9-16)21(26)22-17-6-4-3-5-7-17/h3-7,12,16H,8-11,13H2,1-2H3,(H,22,26). The summed E-state index contributed by atoms with van der Waals surface area (Å²) in [6, 6.07) is 10.9. The Bertz CT molecular complexity index is 855. The van der Waals surface area contributed by atoms with Gasteiger partial charge in [-0.05, 0) is 44.9 Å². The van der Waals surface area contributed by atoms with E-state index in [1.54, 1.807) is 16.2 Å². The van der Waals surface area contributed by atoms with Gasteiger partial charge in [0, 0.05) is 34.1 Å². The summed E-state index contributed by atoms with van der Waals surface area (Å²) in [4.78, 5) is 40.6. The second-order valence-electron chi connectivity index (χ2n) is 6.92. The zero-order valence-electron chi connectivity index (χ0n) is 16.1. The van der Waals surface area contributed by atoms with Crippen molar-refractivity contribution in [2.75, 3.05) is 25.0 Å². The number of carbonyl (C=O) groups excluding carboxylic acids is 3. The molecule has 1 saturated heterocycles. The predicted octanol–water partition coefficient (Wildman–Crippen LogP) is 4.03. The van der Waals surface area contributed by atoms with Gasteiger partial charge in [-0.3, -0.25) is 9.59 Å². The number of nitrogens with one attached hydrogen (secondary N) is 1. The van der Waals surface area contributed by atoms with Crippen LogP contribution in [0.3, 0.4) is 0 Å². The van der Waals surface area contributed by atoms with Gasteiger partial charge in [-0.2, -0.15) is 0 Å². The van der Waals surface area contributed by atoms with Crippen molar-refractivity contribution in [3.63, 3.8) is 0 Å². The average Bonchev–Trinajstić information content (AvgIpc) is 3.05. The number of anilines is 1. The quantitative estimate of drug-likeness (QED) is 0.607. The molecule has 2 aromatic rings. The molecule has 1 aliphatic heterocycles. The minimum atomic E-state index is -0.360. The van der Waals surface area contributed by atoms with Crippen molar-refractivity contribution in [1.29, 1.82) is 0 Å². The van der Waals surface area contributed by atoms with E-state index >= 15 is 0 Å². The third-order valence-electron chi connectivity index (χ3n) is 4.83. The molecule has 0 spiro atoms. The number of esters is 1. The number of benzene rings is 1. The SMILES string of the molecule is Cc1cc(C(=O)COC(=O)C2CCN(C(=O)Nc3ccccc3)CC2)c(C)s1. The van der Waals surface area contributed by atoms with Gasteiger partial charge in [0.1, 0.15) is 0 Å². The summed E-state index contributed by atoms with van der Waals surface area (Å²) in [5.41, 5.74) is 1.37. The van der Waals surface area contributed by atoms with Gasteiger partial charge in [-0.1, -0.05) is 18.2 Å². The Morgan fingerprint density at radius 1 is 1.14 bits per heavy atom. The summed E-state index contributed by atoms with van der Waals surface area (Å²) in [5, 5.41) is 2.85. The lowest BCUT2D eigenvalue weighted by atomic mass is 9.97. The lowest BCUT2D eigenvalue weighted by molar-refractivity contribution is -0.148. The van der Waals surface area contributed by atoms with Crippen molar-refractivity contribution in [2.45, 2.75) is 26.7 Å². The van der Waals surface area contributed by atoms with Gasteiger partial charge in [0.2, 0.25) is 5.78 Å². The van der Waals surface area contributed by atoms with Crippen molar-refractivity contribution in [3.05, 3.63) is 51.7 Å². The predicted molar refractivity (Wildman–Crippen MR) is 109 cm³/mol. The molecule has 0 atom stereocenters. The molecule has 1 aromatic carbocycles. The number of carbonyl (C=O) groups is 3. The van der Waals surface area contributed by atoms with E-state index in [9.17, 15) is 14.4 Å². The molecule has 0 radical (unpaired) electrons. The Balaban J connectivity index is 1.44. The molecule has 1 aliphatic rings. The van der Waals surface area contributed by atoms with E-state index < -0.39 is 0 Å². The van der Waals surface area contributed by atoms with Crippen LogP contribution in [0.1, 0.15) is 33.0 Å². The number of hydrogen-bond acceptors (Lipinski definition) is 5. The fraction of sp³-hybridized carbons (Fsp3) is 0.381. The van der Waals surface area contributed by atoms with E-state index in [1.807, 2.05) is 50.2 Å². The van der Waals surface area contributed by atoms with Crippen molar-refractivity contribution in [2.24, 2.45) is 5.92 Å². The second kappa shape index (κ2) is 9.01. The highest BCUT2D eigenvalue weighted by atomic mass is 32.1. The van der Waals surface area contributed by atoms with E-state index in [2.05, 4.69) is 5.32 Å². The molecule has 0 saturated carbocycles. The minimum absolute atomic E-state index is 0.170. The van der Waals surface area contributed by atoms with Crippen LogP contribution in [0.4, 0.5) is 10.5 Å². The molecule has 0 bridgehead atoms. The van der Waals surface area contributed by atoms with Crippen molar-refractivity contribution >= 4 is 34.8 Å². The summed E-state index contributed by atoms with van der Waals surface area (Å²) < 4.78 is 5.25. The molecule has 3 rings (SSSR count). The first-order chi connectivity index (χ1) is 13.4. The molecule has 6 nitrogen and oxygen atoms in total. The van der Waals surface area contributed by atoms with Crippen LogP contribution in [-0.2, 0) is 9.53 Å². The molecular formula is C21H24N2O4S. The van der Waals surface area contributed by atoms with Crippen LogP contribution >= 0.6 is 11.3 Å². The number of para-hydroxylation sites is 1. The second-order valence-corrected chi connectivity index (χ2v) is 8.38. The molecule has 0 aliphatic carbocycles. The first-order valence-corrected chi connectivity index (χ1v) is 10.1. The van der Waals surface area contributed by atoms with Gasteiger partial charge in [-0.15, -0.1) is 11.3 Å². The Hall–Kier alpha value is -2.67. The normalized spacial score (nSPS) is 14.6. The Morgan fingerprint density at radius 2 is 1.82 bits per heavy atom. The number of ether oxygens (including phenoxy) is 1. The minimum Gasteiger partial charge on any atom is -0.457 e. The van der Waals surface area contributed by atoms with Gasteiger partial charge in [0.15, 0.2) is 6.61 Å². The smallest absolute Gasteiger partial charge is 0.321 e. The highest BCUT2D eigenvalue weighted by molar-refractivity contribution is 7.12. The van der Waals surface area contributed by atoms with E-state index in [-0.39, 0.29) is 30.3 Å². The van der Waals surface area contributed by atoms with Gasteiger partial charge >= 0.3 is 12.0 Å². The highest BCUT2D eigenvalue weighted by Gasteiger charge is 2.29. The lowest BCUT2D eigenvalue weighted by Gasteiger charge is -2.30. The molecule has 7 heteroatoms. The number of piperidine rings is 1. The molecule has 2 heterocycles. The molecule has 1 N–H and O–H groups in total. The zero-order valence-corrected chi connectivity index (χ0v) is 16.9. The van der Waals surface area contributed by atoms with Crippen molar-refractivity contribution < 1.29 is 19.1 Å². The third-order valence-corrected chi connectivity index (χ3v) is 5.79. The summed E-state index contributed by atoms with van der Waals surface area (Å²) in [7, 11) is 0. The fourth-order valence-corrected chi connectivity index (χ4v) is 4.22. The lowest BCUT2D eigenvalue weighted by Crippen LogP contribution is -2.42. The van der Waals surface area contributed by atoms with Crippen LogP contribution in [0.25, 0.3) is 0 Å². The Labute approximate surface area is 168 Å². The monoisotopic (exact) mass is 400 g/mol. The molecule has 2 amide bonds. The summed E-state index contributed by atoms with van der Waals surface area (Å²) in [6.07, 6.45) is 1.07. The van der Waals surface area contributed by atoms with E-state index in [4.69, 9.17) is 4.74 Å². The number of likely N-dealkylation sites (tertiary alicyclic amines) is 1. The third kappa shape index (κ3) is 4.98. The molecular weight excluding hydrogens is 376 g/mol. The number of urea groups is 1. The maximum absolute atomic E-state index is 12.3. The number of rotatable bonds is 5. The van der Waals surface area contributed by atoms with Crippen LogP contribution in [0, 0.1) is 19.8 Å². The average molecular weight is 401 g/mol. The van der Waals surface area contributed by atoms with Crippen LogP contribution in [0.5, 0.6) is 0 Å². The van der Waals surface area contributed by atoms with Gasteiger partial charge < -0.3 is 15.0 Å².